The Balaban J connectivity index is 1.77. The van der Waals surface area contributed by atoms with E-state index < -0.39 is 18.1 Å². The summed E-state index contributed by atoms with van der Waals surface area (Å²) >= 11 is 7.82. The van der Waals surface area contributed by atoms with Crippen molar-refractivity contribution in [2.45, 2.75) is 45.3 Å². The first-order valence-corrected chi connectivity index (χ1v) is 11.1. The summed E-state index contributed by atoms with van der Waals surface area (Å²) in [7, 11) is 1.38. The number of benzene rings is 1. The minimum absolute atomic E-state index is 0.317. The number of hydrogen-bond donors (Lipinski definition) is 1. The van der Waals surface area contributed by atoms with E-state index in [1.165, 1.54) is 18.4 Å². The fraction of sp³-hybridized carbons (Fsp3) is 0.455. The Kier molecular flexibility index (Phi) is 7.52. The predicted octanol–water partition coefficient (Wildman–Crippen LogP) is 3.95. The number of nitrogens with two attached hydrogens (primary N) is 1. The normalized spacial score (nSPS) is 16.1. The molecule has 1 aromatic carbocycles. The van der Waals surface area contributed by atoms with Crippen LogP contribution in [0.1, 0.15) is 42.3 Å². The van der Waals surface area contributed by atoms with Crippen molar-refractivity contribution in [3.05, 3.63) is 51.4 Å². The number of carbonyl (C=O) groups is 2. The fourth-order valence-electron chi connectivity index (χ4n) is 3.66. The fourth-order valence-corrected chi connectivity index (χ4v) is 4.91. The zero-order valence-corrected chi connectivity index (χ0v) is 19.0. The van der Waals surface area contributed by atoms with Crippen LogP contribution in [0.2, 0.25) is 5.02 Å². The maximum Gasteiger partial charge on any atom is 0.329 e. The van der Waals surface area contributed by atoms with Gasteiger partial charge in [-0.25, -0.2) is 9.59 Å². The Bertz CT molecular complexity index is 914. The lowest BCUT2D eigenvalue weighted by Gasteiger charge is -2.33. The van der Waals surface area contributed by atoms with Gasteiger partial charge in [0, 0.05) is 23.0 Å². The van der Waals surface area contributed by atoms with Crippen LogP contribution in [0, 0.1) is 5.92 Å². The maximum absolute atomic E-state index is 12.6. The predicted molar refractivity (Wildman–Crippen MR) is 118 cm³/mol. The standard InChI is InChI=1S/C22H27ClN2O4S/c1-13(2)10-17(24)21(26)29-19-11-14-12-25(9-8-18(14)30-19)20(22(27)28-3)15-6-4-5-7-16(15)23/h4-7,11,13,17,20H,8-10,12,24H2,1-3H3. The molecule has 1 aromatic heterocycles. The Labute approximate surface area is 185 Å². The van der Waals surface area contributed by atoms with Gasteiger partial charge in [0.1, 0.15) is 12.1 Å². The van der Waals surface area contributed by atoms with Gasteiger partial charge in [-0.1, -0.05) is 43.6 Å². The SMILES string of the molecule is COC(=O)C(c1ccccc1Cl)N1CCc2sc(OC(=O)C(N)CC(C)C)cc2C1. The number of fused-ring (bicyclic) bond motifs is 1. The highest BCUT2D eigenvalue weighted by molar-refractivity contribution is 7.14. The molecule has 2 aromatic rings. The van der Waals surface area contributed by atoms with Gasteiger partial charge in [0.15, 0.2) is 5.06 Å². The molecule has 1 aliphatic rings. The summed E-state index contributed by atoms with van der Waals surface area (Å²) in [6.07, 6.45) is 1.32. The van der Waals surface area contributed by atoms with Crippen LogP contribution in [0.25, 0.3) is 0 Å². The highest BCUT2D eigenvalue weighted by atomic mass is 35.5. The molecule has 0 saturated heterocycles. The molecule has 0 aliphatic carbocycles. The third-order valence-electron chi connectivity index (χ3n) is 5.09. The van der Waals surface area contributed by atoms with E-state index in [1.807, 2.05) is 43.0 Å². The van der Waals surface area contributed by atoms with E-state index >= 15 is 0 Å². The molecule has 2 N–H and O–H groups in total. The van der Waals surface area contributed by atoms with Crippen molar-refractivity contribution in [3.63, 3.8) is 0 Å². The van der Waals surface area contributed by atoms with Crippen LogP contribution in [-0.4, -0.2) is 36.5 Å². The van der Waals surface area contributed by atoms with Gasteiger partial charge in [-0.3, -0.25) is 4.90 Å². The Morgan fingerprint density at radius 1 is 1.27 bits per heavy atom. The molecule has 6 nitrogen and oxygen atoms in total. The van der Waals surface area contributed by atoms with Gasteiger partial charge >= 0.3 is 11.9 Å². The number of thiophene rings is 1. The average Bonchev–Trinajstić information content (AvgIpc) is 3.10. The van der Waals surface area contributed by atoms with Crippen LogP contribution in [0.3, 0.4) is 0 Å². The highest BCUT2D eigenvalue weighted by Crippen LogP contribution is 2.37. The topological polar surface area (TPSA) is 81.9 Å². The maximum atomic E-state index is 12.6. The highest BCUT2D eigenvalue weighted by Gasteiger charge is 2.33. The average molecular weight is 451 g/mol. The molecule has 30 heavy (non-hydrogen) atoms. The van der Waals surface area contributed by atoms with Crippen molar-refractivity contribution in [2.75, 3.05) is 13.7 Å². The summed E-state index contributed by atoms with van der Waals surface area (Å²) < 4.78 is 10.6. The molecule has 8 heteroatoms. The van der Waals surface area contributed by atoms with Crippen LogP contribution in [0.15, 0.2) is 30.3 Å². The molecule has 0 fully saturated rings. The number of methoxy groups -OCH3 is 1. The molecule has 3 rings (SSSR count). The second-order valence-corrected chi connectivity index (χ2v) is 9.35. The van der Waals surface area contributed by atoms with Gasteiger partial charge in [0.25, 0.3) is 0 Å². The summed E-state index contributed by atoms with van der Waals surface area (Å²) in [6.45, 7) is 5.23. The van der Waals surface area contributed by atoms with Gasteiger partial charge < -0.3 is 15.2 Å². The smallest absolute Gasteiger partial charge is 0.329 e. The second kappa shape index (κ2) is 9.92. The van der Waals surface area contributed by atoms with Gasteiger partial charge in [0.2, 0.25) is 0 Å². The van der Waals surface area contributed by atoms with Gasteiger partial charge in [-0.05, 0) is 42.0 Å². The van der Waals surface area contributed by atoms with Crippen LogP contribution < -0.4 is 10.5 Å². The van der Waals surface area contributed by atoms with Crippen molar-refractivity contribution in [1.82, 2.24) is 4.90 Å². The lowest BCUT2D eigenvalue weighted by Crippen LogP contribution is -2.38. The van der Waals surface area contributed by atoms with Gasteiger partial charge in [0.05, 0.1) is 7.11 Å². The molecule has 0 bridgehead atoms. The molecule has 0 amide bonds. The molecule has 2 atom stereocenters. The molecule has 0 radical (unpaired) electrons. The summed E-state index contributed by atoms with van der Waals surface area (Å²) in [5.41, 5.74) is 7.69. The quantitative estimate of drug-likeness (QED) is 0.643. The number of nitrogens with zero attached hydrogens (tertiary/aromatic N) is 1. The molecular weight excluding hydrogens is 424 g/mol. The first-order chi connectivity index (χ1) is 14.3. The van der Waals surface area contributed by atoms with Crippen molar-refractivity contribution in [1.29, 1.82) is 0 Å². The van der Waals surface area contributed by atoms with E-state index in [9.17, 15) is 9.59 Å². The summed E-state index contributed by atoms with van der Waals surface area (Å²) in [5.74, 6) is -0.450. The van der Waals surface area contributed by atoms with E-state index in [2.05, 4.69) is 0 Å². The Hall–Kier alpha value is -1.93. The summed E-state index contributed by atoms with van der Waals surface area (Å²) in [6, 6.07) is 7.94. The first kappa shape index (κ1) is 22.7. The van der Waals surface area contributed by atoms with Gasteiger partial charge in [-0.2, -0.15) is 0 Å². The molecule has 0 spiro atoms. The number of rotatable bonds is 7. The lowest BCUT2D eigenvalue weighted by molar-refractivity contribution is -0.147. The minimum atomic E-state index is -0.635. The van der Waals surface area contributed by atoms with Crippen molar-refractivity contribution >= 4 is 34.9 Å². The van der Waals surface area contributed by atoms with Crippen LogP contribution in [0.4, 0.5) is 0 Å². The molecule has 162 valence electrons. The van der Waals surface area contributed by atoms with E-state index in [1.54, 1.807) is 6.07 Å². The number of hydrogen-bond acceptors (Lipinski definition) is 7. The zero-order chi connectivity index (χ0) is 21.8. The van der Waals surface area contributed by atoms with Crippen molar-refractivity contribution in [3.8, 4) is 5.06 Å². The van der Waals surface area contributed by atoms with Crippen molar-refractivity contribution < 1.29 is 19.1 Å². The molecule has 2 heterocycles. The number of esters is 2. The Morgan fingerprint density at radius 2 is 2.00 bits per heavy atom. The zero-order valence-electron chi connectivity index (χ0n) is 17.4. The third kappa shape index (κ3) is 5.21. The van der Waals surface area contributed by atoms with Crippen LogP contribution in [-0.2, 0) is 27.3 Å². The molecule has 0 saturated carbocycles. The molecular formula is C22H27ClN2O4S. The minimum Gasteiger partial charge on any atom is -0.468 e. The largest absolute Gasteiger partial charge is 0.468 e. The van der Waals surface area contributed by atoms with E-state index in [0.717, 1.165) is 22.4 Å². The second-order valence-electron chi connectivity index (χ2n) is 7.84. The van der Waals surface area contributed by atoms with E-state index in [0.29, 0.717) is 35.5 Å². The summed E-state index contributed by atoms with van der Waals surface area (Å²) in [4.78, 5) is 28.0. The number of carbonyl (C=O) groups excluding carboxylic acids is 2. The van der Waals surface area contributed by atoms with Gasteiger partial charge in [-0.15, -0.1) is 11.3 Å². The van der Waals surface area contributed by atoms with E-state index in [-0.39, 0.29) is 5.97 Å². The first-order valence-electron chi connectivity index (χ1n) is 9.95. The number of halogens is 1. The Morgan fingerprint density at radius 3 is 2.67 bits per heavy atom. The third-order valence-corrected chi connectivity index (χ3v) is 6.55. The monoisotopic (exact) mass is 450 g/mol. The van der Waals surface area contributed by atoms with E-state index in [4.69, 9.17) is 26.8 Å². The number of ether oxygens (including phenoxy) is 2. The lowest BCUT2D eigenvalue weighted by atomic mass is 10.0. The molecule has 1 aliphatic heterocycles. The van der Waals surface area contributed by atoms with Crippen LogP contribution in [0.5, 0.6) is 5.06 Å². The molecule has 2 unspecified atom stereocenters. The van der Waals surface area contributed by atoms with Crippen molar-refractivity contribution in [2.24, 2.45) is 11.7 Å². The summed E-state index contributed by atoms with van der Waals surface area (Å²) in [5, 5.41) is 1.07. The van der Waals surface area contributed by atoms with Crippen LogP contribution >= 0.6 is 22.9 Å².